The number of nitrogens with one attached hydrogen (secondary N) is 1. The van der Waals surface area contributed by atoms with Crippen molar-refractivity contribution >= 4 is 17.6 Å². The number of aromatic carboxylic acids is 1. The fraction of sp³-hybridized carbons (Fsp3) is 0.333. The van der Waals surface area contributed by atoms with E-state index in [4.69, 9.17) is 10.8 Å². The molecule has 17 heavy (non-hydrogen) atoms. The van der Waals surface area contributed by atoms with Gasteiger partial charge in [0.05, 0.1) is 16.7 Å². The first-order chi connectivity index (χ1) is 8.09. The van der Waals surface area contributed by atoms with Gasteiger partial charge < -0.3 is 16.2 Å². The monoisotopic (exact) mass is 234 g/mol. The van der Waals surface area contributed by atoms with Gasteiger partial charge in [0.25, 0.3) is 0 Å². The van der Waals surface area contributed by atoms with Crippen molar-refractivity contribution in [2.45, 2.75) is 12.8 Å². The van der Waals surface area contributed by atoms with Gasteiger partial charge in [0.1, 0.15) is 0 Å². The van der Waals surface area contributed by atoms with E-state index in [2.05, 4.69) is 5.32 Å². The van der Waals surface area contributed by atoms with E-state index in [1.165, 1.54) is 6.07 Å². The minimum absolute atomic E-state index is 0.0914. The maximum atomic E-state index is 11.9. The molecule has 1 saturated carbocycles. The van der Waals surface area contributed by atoms with Gasteiger partial charge in [0.15, 0.2) is 0 Å². The lowest BCUT2D eigenvalue weighted by molar-refractivity contribution is -0.120. The van der Waals surface area contributed by atoms with Crippen LogP contribution < -0.4 is 11.1 Å². The lowest BCUT2D eigenvalue weighted by Gasteiger charge is -2.14. The van der Waals surface area contributed by atoms with E-state index in [9.17, 15) is 9.59 Å². The quantitative estimate of drug-likeness (QED) is 0.726. The summed E-state index contributed by atoms with van der Waals surface area (Å²) < 4.78 is 0. The number of carbonyl (C=O) groups excluding carboxylic acids is 1. The first kappa shape index (κ1) is 11.6. The summed E-state index contributed by atoms with van der Waals surface area (Å²) in [7, 11) is 0. The lowest BCUT2D eigenvalue weighted by atomic mass is 10.1. The average molecular weight is 234 g/mol. The second-order valence-corrected chi connectivity index (χ2v) is 4.29. The molecule has 0 spiro atoms. The third-order valence-corrected chi connectivity index (χ3v) is 3.13. The lowest BCUT2D eigenvalue weighted by Crippen LogP contribution is -2.31. The molecule has 0 aromatic heterocycles. The third kappa shape index (κ3) is 2.14. The van der Waals surface area contributed by atoms with E-state index in [0.717, 1.165) is 12.8 Å². The molecule has 0 bridgehead atoms. The Balaban J connectivity index is 2.19. The molecule has 4 N–H and O–H groups in total. The highest BCUT2D eigenvalue weighted by molar-refractivity contribution is 6.03. The van der Waals surface area contributed by atoms with E-state index >= 15 is 0 Å². The van der Waals surface area contributed by atoms with Gasteiger partial charge in [-0.25, -0.2) is 4.79 Å². The normalized spacial score (nSPS) is 16.3. The molecule has 1 aliphatic carbocycles. The van der Waals surface area contributed by atoms with Crippen LogP contribution in [0.2, 0.25) is 0 Å². The fourth-order valence-corrected chi connectivity index (χ4v) is 1.71. The van der Waals surface area contributed by atoms with E-state index in [-0.39, 0.29) is 11.5 Å². The van der Waals surface area contributed by atoms with Crippen LogP contribution in [0.5, 0.6) is 0 Å². The van der Waals surface area contributed by atoms with Crippen molar-refractivity contribution in [3.8, 4) is 0 Å². The van der Waals surface area contributed by atoms with Crippen molar-refractivity contribution in [1.82, 2.24) is 0 Å². The molecule has 90 valence electrons. The molecule has 1 aromatic carbocycles. The minimum atomic E-state index is -1.06. The molecular formula is C12H14N2O3. The molecule has 0 saturated heterocycles. The van der Waals surface area contributed by atoms with Crippen LogP contribution in [0.15, 0.2) is 24.3 Å². The molecular weight excluding hydrogens is 220 g/mol. The largest absolute Gasteiger partial charge is 0.478 e. The van der Waals surface area contributed by atoms with E-state index < -0.39 is 11.4 Å². The zero-order valence-corrected chi connectivity index (χ0v) is 9.27. The first-order valence-corrected chi connectivity index (χ1v) is 5.43. The van der Waals surface area contributed by atoms with Gasteiger partial charge in [-0.05, 0) is 25.0 Å². The van der Waals surface area contributed by atoms with Gasteiger partial charge >= 0.3 is 5.97 Å². The zero-order valence-electron chi connectivity index (χ0n) is 9.27. The number of hydrogen-bond acceptors (Lipinski definition) is 3. The number of benzene rings is 1. The van der Waals surface area contributed by atoms with Crippen molar-refractivity contribution in [2.24, 2.45) is 11.1 Å². The van der Waals surface area contributed by atoms with Crippen LogP contribution in [-0.2, 0) is 4.79 Å². The first-order valence-electron chi connectivity index (χ1n) is 5.43. The Morgan fingerprint density at radius 3 is 2.53 bits per heavy atom. The Bertz CT molecular complexity index is 467. The van der Waals surface area contributed by atoms with Gasteiger partial charge in [0, 0.05) is 6.54 Å². The summed E-state index contributed by atoms with van der Waals surface area (Å²) >= 11 is 0. The van der Waals surface area contributed by atoms with Crippen LogP contribution in [0.4, 0.5) is 5.69 Å². The standard InChI is InChI=1S/C12H14N2O3/c13-7-12(5-6-12)11(17)14-9-4-2-1-3-8(9)10(15)16/h1-4H,5-7,13H2,(H,14,17)(H,15,16). The molecule has 1 amide bonds. The number of anilines is 1. The molecule has 5 heteroatoms. The number of rotatable bonds is 4. The Morgan fingerprint density at radius 1 is 1.35 bits per heavy atom. The van der Waals surface area contributed by atoms with Crippen LogP contribution in [0.1, 0.15) is 23.2 Å². The highest BCUT2D eigenvalue weighted by atomic mass is 16.4. The fourth-order valence-electron chi connectivity index (χ4n) is 1.71. The molecule has 0 atom stereocenters. The van der Waals surface area contributed by atoms with E-state index in [1.807, 2.05) is 0 Å². The highest BCUT2D eigenvalue weighted by Gasteiger charge is 2.48. The summed E-state index contributed by atoms with van der Waals surface area (Å²) in [6, 6.07) is 6.34. The van der Waals surface area contributed by atoms with Crippen molar-refractivity contribution in [3.63, 3.8) is 0 Å². The maximum absolute atomic E-state index is 11.9. The summed E-state index contributed by atoms with van der Waals surface area (Å²) in [4.78, 5) is 22.9. The summed E-state index contributed by atoms with van der Waals surface area (Å²) in [5, 5.41) is 11.6. The van der Waals surface area contributed by atoms with Crippen LogP contribution in [-0.4, -0.2) is 23.5 Å². The molecule has 1 fully saturated rings. The molecule has 2 rings (SSSR count). The second kappa shape index (κ2) is 4.18. The van der Waals surface area contributed by atoms with Gasteiger partial charge in [-0.15, -0.1) is 0 Å². The Labute approximate surface area is 98.6 Å². The molecule has 0 aliphatic heterocycles. The van der Waals surface area contributed by atoms with Gasteiger partial charge in [-0.1, -0.05) is 12.1 Å². The van der Waals surface area contributed by atoms with Crippen molar-refractivity contribution in [3.05, 3.63) is 29.8 Å². The minimum Gasteiger partial charge on any atom is -0.478 e. The van der Waals surface area contributed by atoms with Gasteiger partial charge in [-0.3, -0.25) is 4.79 Å². The van der Waals surface area contributed by atoms with Crippen LogP contribution >= 0.6 is 0 Å². The summed E-state index contributed by atoms with van der Waals surface area (Å²) in [5.41, 5.74) is 5.48. The van der Waals surface area contributed by atoms with Gasteiger partial charge in [-0.2, -0.15) is 0 Å². The number of carboxylic acids is 1. The summed E-state index contributed by atoms with van der Waals surface area (Å²) in [6.45, 7) is 0.300. The molecule has 0 unspecified atom stereocenters. The van der Waals surface area contributed by atoms with Crippen LogP contribution in [0, 0.1) is 5.41 Å². The summed E-state index contributed by atoms with van der Waals surface area (Å²) in [6.07, 6.45) is 1.54. The van der Waals surface area contributed by atoms with Crippen molar-refractivity contribution < 1.29 is 14.7 Å². The Kier molecular flexibility index (Phi) is 2.85. The van der Waals surface area contributed by atoms with E-state index in [0.29, 0.717) is 12.2 Å². The predicted octanol–water partition coefficient (Wildman–Crippen LogP) is 1.06. The zero-order chi connectivity index (χ0) is 12.5. The molecule has 1 aliphatic rings. The smallest absolute Gasteiger partial charge is 0.337 e. The Morgan fingerprint density at radius 2 is 2.00 bits per heavy atom. The van der Waals surface area contributed by atoms with Crippen LogP contribution in [0.3, 0.4) is 0 Å². The maximum Gasteiger partial charge on any atom is 0.337 e. The number of carboxylic acid groups (broad SMARTS) is 1. The molecule has 0 heterocycles. The highest BCUT2D eigenvalue weighted by Crippen LogP contribution is 2.45. The third-order valence-electron chi connectivity index (χ3n) is 3.13. The average Bonchev–Trinajstić information content (AvgIpc) is 3.10. The number of hydrogen-bond donors (Lipinski definition) is 3. The summed E-state index contributed by atoms with van der Waals surface area (Å²) in [5.74, 6) is -1.24. The predicted molar refractivity (Wildman–Crippen MR) is 62.8 cm³/mol. The van der Waals surface area contributed by atoms with E-state index in [1.54, 1.807) is 18.2 Å². The van der Waals surface area contributed by atoms with Gasteiger partial charge in [0.2, 0.25) is 5.91 Å². The molecule has 0 radical (unpaired) electrons. The molecule has 1 aromatic rings. The second-order valence-electron chi connectivity index (χ2n) is 4.29. The topological polar surface area (TPSA) is 92.4 Å². The van der Waals surface area contributed by atoms with Crippen molar-refractivity contribution in [2.75, 3.05) is 11.9 Å². The Hall–Kier alpha value is -1.88. The van der Waals surface area contributed by atoms with Crippen molar-refractivity contribution in [1.29, 1.82) is 0 Å². The number of amides is 1. The number of nitrogens with two attached hydrogens (primary N) is 1. The number of carbonyl (C=O) groups is 2. The number of para-hydroxylation sites is 1. The SMILES string of the molecule is NCC1(C(=O)Nc2ccccc2C(=O)O)CC1. The van der Waals surface area contributed by atoms with Crippen LogP contribution in [0.25, 0.3) is 0 Å². The molecule has 5 nitrogen and oxygen atoms in total.